The Balaban J connectivity index is 0.00000149. The summed E-state index contributed by atoms with van der Waals surface area (Å²) in [5.74, 6) is -3.06. The summed E-state index contributed by atoms with van der Waals surface area (Å²) in [7, 11) is 0. The number of amides is 1. The maximum absolute atomic E-state index is 11.8. The third-order valence-electron chi connectivity index (χ3n) is 2.41. The van der Waals surface area contributed by atoms with Crippen LogP contribution in [0.15, 0.2) is 23.3 Å². The highest BCUT2D eigenvalue weighted by molar-refractivity contribution is 5.99. The molecule has 0 spiro atoms. The Hall–Kier alpha value is -2.81. The average molecular weight is 325 g/mol. The van der Waals surface area contributed by atoms with Crippen LogP contribution in [0.4, 0.5) is 5.69 Å². The predicted octanol–water partition coefficient (Wildman–Crippen LogP) is -1.19. The van der Waals surface area contributed by atoms with Crippen LogP contribution in [0, 0.1) is 0 Å². The molecule has 0 saturated carbocycles. The van der Waals surface area contributed by atoms with Crippen molar-refractivity contribution in [3.63, 3.8) is 0 Å². The number of azide groups is 1. The molecule has 6 N–H and O–H groups in total. The molecule has 0 bridgehead atoms. The molecule has 0 aliphatic rings. The maximum Gasteiger partial charge on any atom is 0.255 e. The Morgan fingerprint density at radius 2 is 2.09 bits per heavy atom. The molecule has 0 saturated heterocycles. The number of aliphatic hydroxyl groups excluding tert-OH is 1. The Kier molecular flexibility index (Phi) is 8.78. The summed E-state index contributed by atoms with van der Waals surface area (Å²) in [5, 5.41) is 34.8. The van der Waals surface area contributed by atoms with Gasteiger partial charge in [0, 0.05) is 10.6 Å². The van der Waals surface area contributed by atoms with Gasteiger partial charge in [0.2, 0.25) is 0 Å². The molecule has 23 heavy (non-hydrogen) atoms. The van der Waals surface area contributed by atoms with Crippen molar-refractivity contribution in [1.29, 1.82) is 0 Å². The van der Waals surface area contributed by atoms with Crippen LogP contribution in [-0.4, -0.2) is 40.8 Å². The van der Waals surface area contributed by atoms with E-state index in [-0.39, 0.29) is 11.3 Å². The van der Waals surface area contributed by atoms with Crippen LogP contribution in [0.25, 0.3) is 10.4 Å². The van der Waals surface area contributed by atoms with Gasteiger partial charge in [0.1, 0.15) is 5.75 Å². The maximum atomic E-state index is 11.8. The van der Waals surface area contributed by atoms with Crippen molar-refractivity contribution in [1.82, 2.24) is 5.32 Å². The molecule has 0 aliphatic carbocycles. The number of carboxylic acid groups (broad SMARTS) is 1. The monoisotopic (exact) mass is 325 g/mol. The number of nitrogens with one attached hydrogen (secondary N) is 1. The molecular formula is C13H19N5O5. The Morgan fingerprint density at radius 3 is 2.48 bits per heavy atom. The minimum Gasteiger partial charge on any atom is -0.548 e. The van der Waals surface area contributed by atoms with Gasteiger partial charge in [0.05, 0.1) is 30.2 Å². The molecule has 0 aliphatic heterocycles. The van der Waals surface area contributed by atoms with Gasteiger partial charge in [-0.1, -0.05) is 11.2 Å². The van der Waals surface area contributed by atoms with E-state index in [9.17, 15) is 24.9 Å². The van der Waals surface area contributed by atoms with E-state index in [0.29, 0.717) is 0 Å². The summed E-state index contributed by atoms with van der Waals surface area (Å²) in [6.07, 6.45) is -1.37. The normalized spacial score (nSPS) is 12.0. The number of carbonyl (C=O) groups excluding carboxylic acids is 2. The fourth-order valence-corrected chi connectivity index (χ4v) is 1.42. The Morgan fingerprint density at radius 1 is 1.52 bits per heavy atom. The molecule has 126 valence electrons. The molecule has 0 radical (unpaired) electrons. The molecule has 1 aromatic carbocycles. The van der Waals surface area contributed by atoms with Gasteiger partial charge in [-0.3, -0.25) is 4.79 Å². The van der Waals surface area contributed by atoms with Gasteiger partial charge in [-0.15, -0.1) is 0 Å². The number of hydrogen-bond acceptors (Lipinski definition) is 6. The number of quaternary nitrogens is 1. The number of phenolic OH excluding ortho intramolecular Hbond substituents is 1. The number of phenols is 1. The molecule has 0 unspecified atom stereocenters. The summed E-state index contributed by atoms with van der Waals surface area (Å²) >= 11 is 0. The second-order valence-corrected chi connectivity index (χ2v) is 4.40. The zero-order chi connectivity index (χ0) is 18.0. The summed E-state index contributed by atoms with van der Waals surface area (Å²) in [6, 6.07) is 1.86. The highest BCUT2D eigenvalue weighted by Gasteiger charge is 2.21. The van der Waals surface area contributed by atoms with Gasteiger partial charge in [-0.25, -0.2) is 0 Å². The van der Waals surface area contributed by atoms with Crippen LogP contribution < -0.4 is 16.2 Å². The van der Waals surface area contributed by atoms with Crippen molar-refractivity contribution in [3.05, 3.63) is 34.2 Å². The first-order valence-electron chi connectivity index (χ1n) is 6.65. The van der Waals surface area contributed by atoms with E-state index < -0.39 is 29.8 Å². The Bertz CT molecular complexity index is 598. The zero-order valence-corrected chi connectivity index (χ0v) is 12.8. The first kappa shape index (κ1) is 20.2. The fraction of sp³-hybridized carbons (Fsp3) is 0.385. The molecule has 2 atom stereocenters. The smallest absolute Gasteiger partial charge is 0.255 e. The van der Waals surface area contributed by atoms with Crippen molar-refractivity contribution < 1.29 is 30.6 Å². The van der Waals surface area contributed by atoms with Gasteiger partial charge >= 0.3 is 0 Å². The molecule has 1 amide bonds. The summed E-state index contributed by atoms with van der Waals surface area (Å²) in [5.41, 5.74) is 11.6. The van der Waals surface area contributed by atoms with E-state index in [1.807, 2.05) is 12.2 Å². The lowest BCUT2D eigenvalue weighted by Gasteiger charge is -2.22. The van der Waals surface area contributed by atoms with E-state index in [0.717, 1.165) is 18.7 Å². The lowest BCUT2D eigenvalue weighted by molar-refractivity contribution is -0.361. The second kappa shape index (κ2) is 10.0. The van der Waals surface area contributed by atoms with E-state index in [1.54, 1.807) is 0 Å². The highest BCUT2D eigenvalue weighted by Crippen LogP contribution is 2.24. The largest absolute Gasteiger partial charge is 0.548 e. The van der Waals surface area contributed by atoms with Crippen molar-refractivity contribution in [3.8, 4) is 5.75 Å². The fourth-order valence-electron chi connectivity index (χ4n) is 1.42. The van der Waals surface area contributed by atoms with Crippen LogP contribution >= 0.6 is 0 Å². The first-order valence-corrected chi connectivity index (χ1v) is 6.65. The number of aliphatic carboxylic acids is 1. The number of aromatic hydroxyl groups is 1. The molecule has 0 aromatic heterocycles. The van der Waals surface area contributed by atoms with Crippen LogP contribution in [0.5, 0.6) is 5.75 Å². The van der Waals surface area contributed by atoms with E-state index in [2.05, 4.69) is 15.8 Å². The zero-order valence-electron chi connectivity index (χ0n) is 12.8. The summed E-state index contributed by atoms with van der Waals surface area (Å²) < 4.78 is 0. The first-order chi connectivity index (χ1) is 10.8. The van der Waals surface area contributed by atoms with Gasteiger partial charge in [0.25, 0.3) is 5.91 Å². The molecule has 10 nitrogen and oxygen atoms in total. The summed E-state index contributed by atoms with van der Waals surface area (Å²) in [6.45, 7) is 4.19. The standard InChI is InChI=1S/C11H12N4O5.C2H7N/c1-5(16)9(11(19)20)13-10(18)7-3-2-6(14-15-12)4-8(7)17;1-2-3/h2-5,9,16-17H,1H3,(H,13,18)(H,19,20);2-3H2,1H3/t5-,9+;/m1./s1. The number of hydrogen-bond donors (Lipinski definition) is 4. The van der Waals surface area contributed by atoms with Crippen molar-refractivity contribution in [2.75, 3.05) is 6.54 Å². The van der Waals surface area contributed by atoms with Crippen LogP contribution in [0.2, 0.25) is 0 Å². The number of carboxylic acids is 1. The second-order valence-electron chi connectivity index (χ2n) is 4.40. The molecule has 1 aromatic rings. The lowest BCUT2D eigenvalue weighted by atomic mass is 10.1. The molecule has 0 heterocycles. The number of carbonyl (C=O) groups is 2. The minimum atomic E-state index is -1.65. The van der Waals surface area contributed by atoms with Gasteiger partial charge < -0.3 is 31.2 Å². The minimum absolute atomic E-state index is 0.0912. The van der Waals surface area contributed by atoms with Crippen molar-refractivity contribution in [2.45, 2.75) is 26.0 Å². The quantitative estimate of drug-likeness (QED) is 0.300. The summed E-state index contributed by atoms with van der Waals surface area (Å²) in [4.78, 5) is 25.0. The van der Waals surface area contributed by atoms with Crippen LogP contribution in [-0.2, 0) is 4.79 Å². The number of benzene rings is 1. The number of rotatable bonds is 5. The van der Waals surface area contributed by atoms with Gasteiger partial charge in [-0.2, -0.15) is 0 Å². The highest BCUT2D eigenvalue weighted by atomic mass is 16.4. The predicted molar refractivity (Wildman–Crippen MR) is 78.3 cm³/mol. The number of nitrogens with zero attached hydrogens (tertiary/aromatic N) is 3. The molecule has 1 rings (SSSR count). The van der Waals surface area contributed by atoms with Gasteiger partial charge in [0.15, 0.2) is 0 Å². The number of aliphatic hydroxyl groups is 1. The molecule has 0 fully saturated rings. The van der Waals surface area contributed by atoms with E-state index in [4.69, 9.17) is 5.53 Å². The van der Waals surface area contributed by atoms with Crippen LogP contribution in [0.3, 0.4) is 0 Å². The third kappa shape index (κ3) is 6.66. The Labute approximate surface area is 132 Å². The van der Waals surface area contributed by atoms with Gasteiger partial charge in [-0.05, 0) is 31.5 Å². The average Bonchev–Trinajstić information content (AvgIpc) is 2.45. The molecule has 10 heteroatoms. The lowest BCUT2D eigenvalue weighted by Crippen LogP contribution is -2.53. The SMILES string of the molecule is CC[NH3+].C[C@@H](O)[C@H](NC(=O)c1ccc(N=[N+]=[N-])cc1O)C(=O)[O-]. The topological polar surface area (TPSA) is 186 Å². The van der Waals surface area contributed by atoms with E-state index >= 15 is 0 Å². The van der Waals surface area contributed by atoms with E-state index in [1.165, 1.54) is 13.0 Å². The van der Waals surface area contributed by atoms with Crippen molar-refractivity contribution in [2.24, 2.45) is 5.11 Å². The third-order valence-corrected chi connectivity index (χ3v) is 2.41. The van der Waals surface area contributed by atoms with Crippen LogP contribution in [0.1, 0.15) is 24.2 Å². The molecular weight excluding hydrogens is 306 g/mol. The van der Waals surface area contributed by atoms with Crippen molar-refractivity contribution >= 4 is 17.6 Å².